The number of aromatic nitrogens is 2. The van der Waals surface area contributed by atoms with Crippen LogP contribution in [-0.4, -0.2) is 47.8 Å². The maximum atomic E-state index is 4.87. The van der Waals surface area contributed by atoms with Crippen LogP contribution in [0.15, 0.2) is 46.4 Å². The lowest BCUT2D eigenvalue weighted by Gasteiger charge is -2.14. The minimum atomic E-state index is 0.919. The van der Waals surface area contributed by atoms with Gasteiger partial charge in [-0.15, -0.1) is 22.7 Å². The van der Waals surface area contributed by atoms with Gasteiger partial charge in [-0.05, 0) is 74.9 Å². The van der Waals surface area contributed by atoms with Gasteiger partial charge < -0.3 is 10.6 Å². The summed E-state index contributed by atoms with van der Waals surface area (Å²) < 4.78 is 2.53. The fourth-order valence-corrected chi connectivity index (χ4v) is 6.91. The summed E-state index contributed by atoms with van der Waals surface area (Å²) in [6.45, 7) is 3.86. The van der Waals surface area contributed by atoms with Crippen molar-refractivity contribution in [1.82, 2.24) is 20.6 Å². The quantitative estimate of drug-likeness (QED) is 0.279. The molecule has 2 aromatic heterocycles. The first-order chi connectivity index (χ1) is 17.8. The number of aliphatic imine (C=N–C) groups is 2. The number of hydrogen-bond acceptors (Lipinski definition) is 8. The normalized spacial score (nSPS) is 16.0. The maximum absolute atomic E-state index is 4.87. The number of benzene rings is 2. The molecular formula is C28H32N6S2. The lowest BCUT2D eigenvalue weighted by molar-refractivity contribution is 0.639. The van der Waals surface area contributed by atoms with Crippen molar-refractivity contribution in [3.63, 3.8) is 0 Å². The van der Waals surface area contributed by atoms with Gasteiger partial charge >= 0.3 is 0 Å². The van der Waals surface area contributed by atoms with Crippen molar-refractivity contribution in [2.75, 3.05) is 26.2 Å². The summed E-state index contributed by atoms with van der Waals surface area (Å²) in [5, 5.41) is 9.34. The molecule has 4 heterocycles. The van der Waals surface area contributed by atoms with Gasteiger partial charge in [0.05, 0.1) is 30.4 Å². The monoisotopic (exact) mass is 516 g/mol. The van der Waals surface area contributed by atoms with E-state index in [0.717, 1.165) is 74.6 Å². The van der Waals surface area contributed by atoms with E-state index in [-0.39, 0.29) is 0 Å². The fourth-order valence-electron chi connectivity index (χ4n) is 4.81. The number of unbranched alkanes of at least 4 members (excludes halogenated alkanes) is 3. The van der Waals surface area contributed by atoms with E-state index in [9.17, 15) is 0 Å². The number of rotatable bonds is 9. The standard InChI is InChI=1S/C28H32N6S2/c1(3-7-25-33-21-11-9-19(17-23(21)35-25)27-29-13-5-14-30-27)2-4-8-26-34-22-12-10-20(18-24(22)36-26)28-31-15-6-16-32-28/h9-12,17-18H,1-8,13-16H2,(H,29,30)(H,31,32). The van der Waals surface area contributed by atoms with Gasteiger partial charge in [0.1, 0.15) is 11.7 Å². The first-order valence-electron chi connectivity index (χ1n) is 13.2. The number of fused-ring (bicyclic) bond motifs is 2. The summed E-state index contributed by atoms with van der Waals surface area (Å²) >= 11 is 3.67. The number of amidine groups is 2. The molecule has 8 heteroatoms. The fraction of sp³-hybridized carbons (Fsp3) is 0.429. The van der Waals surface area contributed by atoms with Crippen LogP contribution in [0.3, 0.4) is 0 Å². The van der Waals surface area contributed by atoms with Gasteiger partial charge in [-0.25, -0.2) is 9.97 Å². The van der Waals surface area contributed by atoms with E-state index in [0.29, 0.717) is 0 Å². The minimum Gasteiger partial charge on any atom is -0.370 e. The average Bonchev–Trinajstić information content (AvgIpc) is 3.54. The second-order valence-electron chi connectivity index (χ2n) is 9.52. The summed E-state index contributed by atoms with van der Waals surface area (Å²) in [5.74, 6) is 2.06. The Balaban J connectivity index is 0.974. The molecule has 0 radical (unpaired) electrons. The predicted octanol–water partition coefficient (Wildman–Crippen LogP) is 5.73. The lowest BCUT2D eigenvalue weighted by atomic mass is 10.1. The Labute approximate surface area is 220 Å². The van der Waals surface area contributed by atoms with Crippen LogP contribution in [0.1, 0.15) is 59.7 Å². The molecule has 0 spiro atoms. The summed E-state index contributed by atoms with van der Waals surface area (Å²) in [6.07, 6.45) is 9.23. The number of thiazole rings is 2. The van der Waals surface area contributed by atoms with Gasteiger partial charge in [-0.2, -0.15) is 0 Å². The van der Waals surface area contributed by atoms with E-state index in [1.807, 2.05) is 22.7 Å². The van der Waals surface area contributed by atoms with Crippen LogP contribution in [0.4, 0.5) is 0 Å². The molecule has 6 nitrogen and oxygen atoms in total. The Morgan fingerprint density at radius 3 is 1.58 bits per heavy atom. The summed E-state index contributed by atoms with van der Waals surface area (Å²) in [6, 6.07) is 13.1. The van der Waals surface area contributed by atoms with Gasteiger partial charge in [0.15, 0.2) is 0 Å². The van der Waals surface area contributed by atoms with Crippen LogP contribution in [0, 0.1) is 0 Å². The Hall–Kier alpha value is -2.84. The zero-order chi connectivity index (χ0) is 24.2. The van der Waals surface area contributed by atoms with E-state index in [2.05, 4.69) is 57.0 Å². The zero-order valence-corrected chi connectivity index (χ0v) is 22.2. The second-order valence-corrected chi connectivity index (χ2v) is 11.7. The highest BCUT2D eigenvalue weighted by atomic mass is 32.1. The van der Waals surface area contributed by atoms with Crippen molar-refractivity contribution in [3.8, 4) is 0 Å². The minimum absolute atomic E-state index is 0.919. The molecule has 0 saturated carbocycles. The average molecular weight is 517 g/mol. The molecule has 36 heavy (non-hydrogen) atoms. The highest BCUT2D eigenvalue weighted by Gasteiger charge is 2.12. The van der Waals surface area contributed by atoms with Gasteiger partial charge in [-0.3, -0.25) is 9.98 Å². The van der Waals surface area contributed by atoms with Gasteiger partial charge in [0.2, 0.25) is 0 Å². The van der Waals surface area contributed by atoms with E-state index < -0.39 is 0 Å². The smallest absolute Gasteiger partial charge is 0.128 e. The largest absolute Gasteiger partial charge is 0.370 e. The molecular weight excluding hydrogens is 484 g/mol. The molecule has 2 aromatic carbocycles. The van der Waals surface area contributed by atoms with Crippen molar-refractivity contribution < 1.29 is 0 Å². The summed E-state index contributed by atoms with van der Waals surface area (Å²) in [4.78, 5) is 19.0. The number of nitrogens with zero attached hydrogens (tertiary/aromatic N) is 4. The van der Waals surface area contributed by atoms with E-state index in [1.165, 1.54) is 56.2 Å². The van der Waals surface area contributed by atoms with Gasteiger partial charge in [0, 0.05) is 37.3 Å². The highest BCUT2D eigenvalue weighted by Crippen LogP contribution is 2.27. The SMILES string of the molecule is c1cc2nc(CCCCCCc3nc4ccc(C5=NCCCN5)cc4s3)sc2cc1C1=NCCCN1. The first-order valence-corrected chi connectivity index (χ1v) is 14.8. The molecule has 4 aromatic rings. The van der Waals surface area contributed by atoms with E-state index >= 15 is 0 Å². The predicted molar refractivity (Wildman–Crippen MR) is 153 cm³/mol. The molecule has 6 rings (SSSR count). The van der Waals surface area contributed by atoms with E-state index in [1.54, 1.807) is 0 Å². The van der Waals surface area contributed by atoms with Crippen LogP contribution in [-0.2, 0) is 12.8 Å². The second kappa shape index (κ2) is 11.0. The van der Waals surface area contributed by atoms with Crippen LogP contribution in [0.5, 0.6) is 0 Å². The van der Waals surface area contributed by atoms with Crippen molar-refractivity contribution in [1.29, 1.82) is 0 Å². The third-order valence-corrected chi connectivity index (χ3v) is 8.89. The Morgan fingerprint density at radius 2 is 1.14 bits per heavy atom. The van der Waals surface area contributed by atoms with Crippen molar-refractivity contribution in [2.45, 2.75) is 51.4 Å². The van der Waals surface area contributed by atoms with Crippen molar-refractivity contribution in [3.05, 3.63) is 57.5 Å². The zero-order valence-electron chi connectivity index (χ0n) is 20.6. The molecule has 0 bridgehead atoms. The molecule has 0 fully saturated rings. The molecule has 2 aliphatic heterocycles. The molecule has 0 saturated heterocycles. The molecule has 0 unspecified atom stereocenters. The molecule has 0 atom stereocenters. The Bertz CT molecular complexity index is 1310. The summed E-state index contributed by atoms with van der Waals surface area (Å²) in [5.41, 5.74) is 4.59. The molecule has 0 aliphatic carbocycles. The Kier molecular flexibility index (Phi) is 7.23. The van der Waals surface area contributed by atoms with Gasteiger partial charge in [0.25, 0.3) is 0 Å². The first kappa shape index (κ1) is 23.6. The maximum Gasteiger partial charge on any atom is 0.128 e. The third kappa shape index (κ3) is 5.44. The third-order valence-electron chi connectivity index (χ3n) is 6.74. The van der Waals surface area contributed by atoms with Crippen LogP contribution in [0.2, 0.25) is 0 Å². The molecule has 186 valence electrons. The van der Waals surface area contributed by atoms with Gasteiger partial charge in [-0.1, -0.05) is 12.8 Å². The number of aryl methyl sites for hydroxylation is 2. The lowest BCUT2D eigenvalue weighted by Crippen LogP contribution is -2.30. The highest BCUT2D eigenvalue weighted by molar-refractivity contribution is 7.18. The topological polar surface area (TPSA) is 74.6 Å². The van der Waals surface area contributed by atoms with Crippen molar-refractivity contribution in [2.24, 2.45) is 9.98 Å². The summed E-state index contributed by atoms with van der Waals surface area (Å²) in [7, 11) is 0. The Morgan fingerprint density at radius 1 is 0.639 bits per heavy atom. The van der Waals surface area contributed by atoms with Crippen LogP contribution < -0.4 is 10.6 Å². The van der Waals surface area contributed by atoms with Crippen LogP contribution in [0.25, 0.3) is 20.4 Å². The molecule has 2 N–H and O–H groups in total. The number of hydrogen-bond donors (Lipinski definition) is 2. The molecule has 2 aliphatic rings. The molecule has 0 amide bonds. The van der Waals surface area contributed by atoms with Crippen molar-refractivity contribution >= 4 is 54.8 Å². The van der Waals surface area contributed by atoms with E-state index in [4.69, 9.17) is 9.97 Å². The van der Waals surface area contributed by atoms with Crippen LogP contribution >= 0.6 is 22.7 Å². The number of nitrogens with one attached hydrogen (secondary N) is 2.